The standard InChI is InChI=1S/C14H17ClN2O2/c1-3-17(9-5-8-16)14(18)11(2)19-13-7-4-6-12(15)10-13/h4,6-7,10-11H,3,5,9H2,1-2H3. The second-order valence-corrected chi connectivity index (χ2v) is 4.48. The summed E-state index contributed by atoms with van der Waals surface area (Å²) in [5.41, 5.74) is 0. The second kappa shape index (κ2) is 7.65. The van der Waals surface area contributed by atoms with Gasteiger partial charge in [-0.3, -0.25) is 4.79 Å². The fourth-order valence-electron chi connectivity index (χ4n) is 1.66. The van der Waals surface area contributed by atoms with E-state index in [1.165, 1.54) is 0 Å². The second-order valence-electron chi connectivity index (χ2n) is 4.04. The molecule has 19 heavy (non-hydrogen) atoms. The van der Waals surface area contributed by atoms with Crippen LogP contribution < -0.4 is 4.74 Å². The molecular formula is C14H17ClN2O2. The Balaban J connectivity index is 2.63. The summed E-state index contributed by atoms with van der Waals surface area (Å²) in [6.07, 6.45) is -0.277. The van der Waals surface area contributed by atoms with E-state index in [2.05, 4.69) is 0 Å². The van der Waals surface area contributed by atoms with E-state index in [0.717, 1.165) is 0 Å². The van der Waals surface area contributed by atoms with Crippen LogP contribution in [0, 0.1) is 11.3 Å². The summed E-state index contributed by atoms with van der Waals surface area (Å²) in [4.78, 5) is 13.7. The number of hydrogen-bond acceptors (Lipinski definition) is 3. The van der Waals surface area contributed by atoms with Gasteiger partial charge in [0.05, 0.1) is 12.5 Å². The Labute approximate surface area is 118 Å². The van der Waals surface area contributed by atoms with Crippen LogP contribution in [0.25, 0.3) is 0 Å². The van der Waals surface area contributed by atoms with Crippen molar-refractivity contribution in [3.05, 3.63) is 29.3 Å². The first-order valence-electron chi connectivity index (χ1n) is 6.16. The van der Waals surface area contributed by atoms with E-state index in [0.29, 0.717) is 30.3 Å². The molecule has 0 fully saturated rings. The maximum Gasteiger partial charge on any atom is 0.263 e. The maximum atomic E-state index is 12.1. The van der Waals surface area contributed by atoms with Gasteiger partial charge in [0.25, 0.3) is 5.91 Å². The van der Waals surface area contributed by atoms with E-state index in [1.54, 1.807) is 36.1 Å². The van der Waals surface area contributed by atoms with E-state index in [9.17, 15) is 4.79 Å². The highest BCUT2D eigenvalue weighted by Gasteiger charge is 2.20. The molecule has 0 heterocycles. The molecule has 1 atom stereocenters. The lowest BCUT2D eigenvalue weighted by atomic mass is 10.3. The summed E-state index contributed by atoms with van der Waals surface area (Å²) >= 11 is 5.85. The summed E-state index contributed by atoms with van der Waals surface area (Å²) in [6, 6.07) is 8.95. The Kier molecular flexibility index (Phi) is 6.17. The number of carbonyl (C=O) groups excluding carboxylic acids is 1. The molecule has 0 aliphatic rings. The Hall–Kier alpha value is -1.73. The Morgan fingerprint density at radius 2 is 2.32 bits per heavy atom. The van der Waals surface area contributed by atoms with Crippen LogP contribution in [0.4, 0.5) is 0 Å². The van der Waals surface area contributed by atoms with Crippen molar-refractivity contribution in [1.29, 1.82) is 5.26 Å². The van der Waals surface area contributed by atoms with Crippen LogP contribution in [0.15, 0.2) is 24.3 Å². The van der Waals surface area contributed by atoms with Crippen LogP contribution >= 0.6 is 11.6 Å². The SMILES string of the molecule is CCN(CCC#N)C(=O)C(C)Oc1cccc(Cl)c1. The molecule has 0 aliphatic heterocycles. The van der Waals surface area contributed by atoms with Crippen molar-refractivity contribution in [3.63, 3.8) is 0 Å². The van der Waals surface area contributed by atoms with E-state index >= 15 is 0 Å². The molecule has 4 nitrogen and oxygen atoms in total. The van der Waals surface area contributed by atoms with Crippen LogP contribution in [-0.2, 0) is 4.79 Å². The summed E-state index contributed by atoms with van der Waals surface area (Å²) in [5, 5.41) is 9.13. The average molecular weight is 281 g/mol. The third kappa shape index (κ3) is 4.80. The molecule has 102 valence electrons. The maximum absolute atomic E-state index is 12.1. The first kappa shape index (κ1) is 15.3. The molecule has 0 radical (unpaired) electrons. The lowest BCUT2D eigenvalue weighted by Crippen LogP contribution is -2.40. The smallest absolute Gasteiger partial charge is 0.263 e. The minimum Gasteiger partial charge on any atom is -0.481 e. The zero-order chi connectivity index (χ0) is 14.3. The lowest BCUT2D eigenvalue weighted by molar-refractivity contribution is -0.137. The van der Waals surface area contributed by atoms with E-state index in [4.69, 9.17) is 21.6 Å². The highest BCUT2D eigenvalue weighted by atomic mass is 35.5. The van der Waals surface area contributed by atoms with Crippen LogP contribution in [0.3, 0.4) is 0 Å². The number of likely N-dealkylation sites (N-methyl/N-ethyl adjacent to an activating group) is 1. The predicted molar refractivity (Wildman–Crippen MR) is 74.0 cm³/mol. The van der Waals surface area contributed by atoms with Gasteiger partial charge in [-0.15, -0.1) is 0 Å². The van der Waals surface area contributed by atoms with Gasteiger partial charge < -0.3 is 9.64 Å². The molecular weight excluding hydrogens is 264 g/mol. The van der Waals surface area contributed by atoms with Gasteiger partial charge in [-0.1, -0.05) is 17.7 Å². The molecule has 0 bridgehead atoms. The number of ether oxygens (including phenoxy) is 1. The predicted octanol–water partition coefficient (Wildman–Crippen LogP) is 2.87. The van der Waals surface area contributed by atoms with Gasteiger partial charge in [-0.25, -0.2) is 0 Å². The normalized spacial score (nSPS) is 11.5. The minimum atomic E-state index is -0.600. The fourth-order valence-corrected chi connectivity index (χ4v) is 1.84. The fraction of sp³-hybridized carbons (Fsp3) is 0.429. The van der Waals surface area contributed by atoms with Crippen LogP contribution in [0.1, 0.15) is 20.3 Å². The zero-order valence-corrected chi connectivity index (χ0v) is 11.9. The monoisotopic (exact) mass is 280 g/mol. The number of carbonyl (C=O) groups is 1. The highest BCUT2D eigenvalue weighted by Crippen LogP contribution is 2.18. The van der Waals surface area contributed by atoms with E-state index < -0.39 is 6.10 Å². The first-order valence-corrected chi connectivity index (χ1v) is 6.54. The number of amides is 1. The van der Waals surface area contributed by atoms with Gasteiger partial charge in [-0.2, -0.15) is 5.26 Å². The molecule has 1 amide bonds. The summed E-state index contributed by atoms with van der Waals surface area (Å²) < 4.78 is 5.56. The minimum absolute atomic E-state index is 0.127. The van der Waals surface area contributed by atoms with Crippen LogP contribution in [-0.4, -0.2) is 30.0 Å². The molecule has 1 aromatic rings. The Morgan fingerprint density at radius 3 is 2.89 bits per heavy atom. The van der Waals surface area contributed by atoms with E-state index in [-0.39, 0.29) is 5.91 Å². The van der Waals surface area contributed by atoms with E-state index in [1.807, 2.05) is 13.0 Å². The topological polar surface area (TPSA) is 53.3 Å². The van der Waals surface area contributed by atoms with Crippen molar-refractivity contribution in [3.8, 4) is 11.8 Å². The van der Waals surface area contributed by atoms with Crippen molar-refractivity contribution in [2.45, 2.75) is 26.4 Å². The molecule has 0 aromatic heterocycles. The third-order valence-corrected chi connectivity index (χ3v) is 2.88. The van der Waals surface area contributed by atoms with Gasteiger partial charge >= 0.3 is 0 Å². The molecule has 1 aromatic carbocycles. The van der Waals surface area contributed by atoms with Crippen molar-refractivity contribution in [2.24, 2.45) is 0 Å². The van der Waals surface area contributed by atoms with Crippen molar-refractivity contribution >= 4 is 17.5 Å². The van der Waals surface area contributed by atoms with Crippen LogP contribution in [0.2, 0.25) is 5.02 Å². The zero-order valence-electron chi connectivity index (χ0n) is 11.1. The number of halogens is 1. The van der Waals surface area contributed by atoms with Crippen molar-refractivity contribution < 1.29 is 9.53 Å². The van der Waals surface area contributed by atoms with Gasteiger partial charge in [0.1, 0.15) is 5.75 Å². The Bertz CT molecular complexity index is 471. The van der Waals surface area contributed by atoms with Crippen LogP contribution in [0.5, 0.6) is 5.75 Å². The molecule has 5 heteroatoms. The Morgan fingerprint density at radius 1 is 1.58 bits per heavy atom. The first-order chi connectivity index (χ1) is 9.08. The molecule has 0 aliphatic carbocycles. The number of hydrogen-bond donors (Lipinski definition) is 0. The van der Waals surface area contributed by atoms with Gasteiger partial charge in [0.15, 0.2) is 6.10 Å². The molecule has 0 saturated carbocycles. The number of nitrogens with zero attached hydrogens (tertiary/aromatic N) is 2. The number of rotatable bonds is 6. The summed E-state index contributed by atoms with van der Waals surface area (Å²) in [7, 11) is 0. The van der Waals surface area contributed by atoms with Gasteiger partial charge in [0.2, 0.25) is 0 Å². The third-order valence-electron chi connectivity index (χ3n) is 2.64. The van der Waals surface area contributed by atoms with Gasteiger partial charge in [-0.05, 0) is 32.0 Å². The molecule has 0 saturated heterocycles. The van der Waals surface area contributed by atoms with Crippen molar-refractivity contribution in [1.82, 2.24) is 4.90 Å². The largest absolute Gasteiger partial charge is 0.481 e. The highest BCUT2D eigenvalue weighted by molar-refractivity contribution is 6.30. The molecule has 0 N–H and O–H groups in total. The molecule has 0 spiro atoms. The van der Waals surface area contributed by atoms with Crippen molar-refractivity contribution in [2.75, 3.05) is 13.1 Å². The average Bonchev–Trinajstić information content (AvgIpc) is 2.39. The molecule has 1 rings (SSSR count). The number of benzene rings is 1. The van der Waals surface area contributed by atoms with Gasteiger partial charge in [0, 0.05) is 18.1 Å². The lowest BCUT2D eigenvalue weighted by Gasteiger charge is -2.24. The number of nitriles is 1. The summed E-state index contributed by atoms with van der Waals surface area (Å²) in [5.74, 6) is 0.433. The summed E-state index contributed by atoms with van der Waals surface area (Å²) in [6.45, 7) is 4.55. The quantitative estimate of drug-likeness (QED) is 0.805. The molecule has 1 unspecified atom stereocenters.